The topological polar surface area (TPSA) is 109 Å². The Labute approximate surface area is 152 Å². The van der Waals surface area contributed by atoms with E-state index in [0.717, 1.165) is 0 Å². The summed E-state index contributed by atoms with van der Waals surface area (Å²) in [6, 6.07) is 7.24. The van der Waals surface area contributed by atoms with Crippen molar-refractivity contribution in [1.82, 2.24) is 9.88 Å². The number of pyridine rings is 1. The third kappa shape index (κ3) is 4.59. The molecule has 0 unspecified atom stereocenters. The fourth-order valence-electron chi connectivity index (χ4n) is 2.78. The van der Waals surface area contributed by atoms with Crippen molar-refractivity contribution >= 4 is 28.4 Å². The number of unbranched alkanes of at least 4 members (excludes halogenated alkanes) is 1. The van der Waals surface area contributed by atoms with Crippen LogP contribution < -0.4 is 5.32 Å². The molecule has 2 aromatic rings. The number of hydrogen-bond acceptors (Lipinski definition) is 5. The average Bonchev–Trinajstić information content (AvgIpc) is 2.55. The minimum Gasteiger partial charge on any atom is -0.465 e. The zero-order chi connectivity index (χ0) is 19.3. The minimum atomic E-state index is -0.943. The normalized spacial score (nSPS) is 11.3. The third-order valence-electron chi connectivity index (χ3n) is 4.10. The van der Waals surface area contributed by atoms with Crippen LogP contribution in [-0.2, 0) is 0 Å². The summed E-state index contributed by atoms with van der Waals surface area (Å²) in [5, 5.41) is 24.4. The molecule has 1 aromatic carbocycles. The molecular weight excluding hydrogens is 336 g/mol. The molecule has 0 saturated heterocycles. The lowest BCUT2D eigenvalue weighted by Gasteiger charge is -2.33. The van der Waals surface area contributed by atoms with E-state index in [2.05, 4.69) is 10.3 Å². The number of nitro groups is 1. The van der Waals surface area contributed by atoms with Crippen LogP contribution in [0, 0.1) is 10.1 Å². The Morgan fingerprint density at radius 1 is 1.31 bits per heavy atom. The molecule has 2 rings (SSSR count). The molecule has 0 atom stereocenters. The van der Waals surface area contributed by atoms with E-state index in [1.807, 2.05) is 32.9 Å². The lowest BCUT2D eigenvalue weighted by atomic mass is 10.1. The molecule has 8 heteroatoms. The smallest absolute Gasteiger partial charge is 0.407 e. The number of aromatic nitrogens is 1. The summed E-state index contributed by atoms with van der Waals surface area (Å²) < 4.78 is 0. The summed E-state index contributed by atoms with van der Waals surface area (Å²) in [6.45, 7) is 6.48. The van der Waals surface area contributed by atoms with Crippen molar-refractivity contribution in [2.24, 2.45) is 0 Å². The molecule has 0 aliphatic rings. The molecule has 0 radical (unpaired) electrons. The Balaban J connectivity index is 2.03. The summed E-state index contributed by atoms with van der Waals surface area (Å²) in [7, 11) is 0. The summed E-state index contributed by atoms with van der Waals surface area (Å²) in [6.07, 6.45) is 1.67. The van der Waals surface area contributed by atoms with Gasteiger partial charge in [0.25, 0.3) is 0 Å². The predicted octanol–water partition coefficient (Wildman–Crippen LogP) is 4.11. The number of hydrogen-bond donors (Lipinski definition) is 2. The average molecular weight is 360 g/mol. The van der Waals surface area contributed by atoms with Gasteiger partial charge in [-0.1, -0.05) is 18.2 Å². The highest BCUT2D eigenvalue weighted by atomic mass is 16.6. The molecule has 1 aromatic heterocycles. The maximum atomic E-state index is 11.3. The van der Waals surface area contributed by atoms with Crippen molar-refractivity contribution in [3.8, 4) is 0 Å². The van der Waals surface area contributed by atoms with Gasteiger partial charge >= 0.3 is 11.8 Å². The van der Waals surface area contributed by atoms with E-state index in [1.165, 1.54) is 11.1 Å². The monoisotopic (exact) mass is 360 g/mol. The Hall–Kier alpha value is -2.90. The maximum Gasteiger partial charge on any atom is 0.407 e. The molecule has 140 valence electrons. The van der Waals surface area contributed by atoms with Gasteiger partial charge in [-0.15, -0.1) is 0 Å². The second kappa shape index (κ2) is 7.99. The molecule has 26 heavy (non-hydrogen) atoms. The van der Waals surface area contributed by atoms with Crippen molar-refractivity contribution in [1.29, 1.82) is 0 Å². The summed E-state index contributed by atoms with van der Waals surface area (Å²) in [4.78, 5) is 27.7. The predicted molar refractivity (Wildman–Crippen MR) is 101 cm³/mol. The van der Waals surface area contributed by atoms with Crippen LogP contribution in [0.5, 0.6) is 0 Å². The van der Waals surface area contributed by atoms with Gasteiger partial charge in [-0.05, 0) is 39.7 Å². The van der Waals surface area contributed by atoms with E-state index >= 15 is 0 Å². The molecule has 8 nitrogen and oxygen atoms in total. The van der Waals surface area contributed by atoms with E-state index in [0.29, 0.717) is 42.5 Å². The molecule has 0 spiro atoms. The number of benzene rings is 1. The molecule has 1 heterocycles. The molecule has 0 fully saturated rings. The Morgan fingerprint density at radius 2 is 2.00 bits per heavy atom. The molecule has 0 aliphatic heterocycles. The number of carboxylic acid groups (broad SMARTS) is 1. The van der Waals surface area contributed by atoms with Crippen LogP contribution in [0.4, 0.5) is 16.2 Å². The Bertz CT molecular complexity index is 801. The number of rotatable bonds is 7. The van der Waals surface area contributed by atoms with E-state index in [-0.39, 0.29) is 5.69 Å². The number of nitrogens with one attached hydrogen (secondary N) is 1. The van der Waals surface area contributed by atoms with Crippen molar-refractivity contribution in [2.75, 3.05) is 18.4 Å². The number of nitrogens with zero attached hydrogens (tertiary/aromatic N) is 3. The summed E-state index contributed by atoms with van der Waals surface area (Å²) in [5.41, 5.74) is 0.613. The Morgan fingerprint density at radius 3 is 2.62 bits per heavy atom. The molecular formula is C18H24N4O4. The lowest BCUT2D eigenvalue weighted by Crippen LogP contribution is -2.45. The third-order valence-corrected chi connectivity index (χ3v) is 4.10. The number of carbonyl (C=O) groups is 1. The largest absolute Gasteiger partial charge is 0.465 e. The highest BCUT2D eigenvalue weighted by molar-refractivity contribution is 5.95. The minimum absolute atomic E-state index is 0.0643. The maximum absolute atomic E-state index is 11.3. The van der Waals surface area contributed by atoms with Gasteiger partial charge in [0, 0.05) is 24.0 Å². The SMILES string of the molecule is CC(C)(C)N(CCCCNc1c([N+](=O)[O-])cnc2ccccc12)C(=O)O. The first-order valence-corrected chi connectivity index (χ1v) is 8.48. The van der Waals surface area contributed by atoms with E-state index in [4.69, 9.17) is 0 Å². The van der Waals surface area contributed by atoms with Crippen LogP contribution in [0.1, 0.15) is 33.6 Å². The lowest BCUT2D eigenvalue weighted by molar-refractivity contribution is -0.384. The van der Waals surface area contributed by atoms with E-state index in [9.17, 15) is 20.0 Å². The standard InChI is InChI=1S/C18H24N4O4/c1-18(2,3)21(17(23)24)11-7-6-10-19-16-13-8-4-5-9-14(13)20-12-15(16)22(25)26/h4-5,8-9,12H,6-7,10-11H2,1-3H3,(H,19,20)(H,23,24). The van der Waals surface area contributed by atoms with Crippen LogP contribution in [0.15, 0.2) is 30.5 Å². The molecule has 1 amide bonds. The van der Waals surface area contributed by atoms with Gasteiger partial charge in [0.15, 0.2) is 0 Å². The first-order valence-electron chi connectivity index (χ1n) is 8.48. The van der Waals surface area contributed by atoms with Crippen LogP contribution in [0.2, 0.25) is 0 Å². The van der Waals surface area contributed by atoms with E-state index in [1.54, 1.807) is 12.1 Å². The van der Waals surface area contributed by atoms with E-state index < -0.39 is 16.6 Å². The fourth-order valence-corrected chi connectivity index (χ4v) is 2.78. The zero-order valence-corrected chi connectivity index (χ0v) is 15.2. The zero-order valence-electron chi connectivity index (χ0n) is 15.2. The van der Waals surface area contributed by atoms with Crippen molar-refractivity contribution < 1.29 is 14.8 Å². The molecule has 0 aliphatic carbocycles. The van der Waals surface area contributed by atoms with Crippen LogP contribution in [0.3, 0.4) is 0 Å². The first-order chi connectivity index (χ1) is 12.2. The highest BCUT2D eigenvalue weighted by Crippen LogP contribution is 2.31. The van der Waals surface area contributed by atoms with Gasteiger partial charge < -0.3 is 15.3 Å². The summed E-state index contributed by atoms with van der Waals surface area (Å²) in [5.74, 6) is 0. The van der Waals surface area contributed by atoms with Gasteiger partial charge in [0.1, 0.15) is 11.9 Å². The van der Waals surface area contributed by atoms with Gasteiger partial charge in [0.05, 0.1) is 10.4 Å². The van der Waals surface area contributed by atoms with Gasteiger partial charge in [-0.25, -0.2) is 9.78 Å². The summed E-state index contributed by atoms with van der Waals surface area (Å²) >= 11 is 0. The first kappa shape index (κ1) is 19.4. The number of amides is 1. The second-order valence-corrected chi connectivity index (χ2v) is 7.03. The van der Waals surface area contributed by atoms with Gasteiger partial charge in [-0.3, -0.25) is 10.1 Å². The van der Waals surface area contributed by atoms with Crippen LogP contribution in [0.25, 0.3) is 10.9 Å². The molecule has 0 saturated carbocycles. The Kier molecular flexibility index (Phi) is 5.97. The number of anilines is 1. The van der Waals surface area contributed by atoms with Gasteiger partial charge in [0.2, 0.25) is 0 Å². The van der Waals surface area contributed by atoms with Gasteiger partial charge in [-0.2, -0.15) is 0 Å². The van der Waals surface area contributed by atoms with Crippen molar-refractivity contribution in [3.63, 3.8) is 0 Å². The van der Waals surface area contributed by atoms with Crippen LogP contribution >= 0.6 is 0 Å². The molecule has 2 N–H and O–H groups in total. The fraction of sp³-hybridized carbons (Fsp3) is 0.444. The van der Waals surface area contributed by atoms with Crippen molar-refractivity contribution in [3.05, 3.63) is 40.6 Å². The number of fused-ring (bicyclic) bond motifs is 1. The second-order valence-electron chi connectivity index (χ2n) is 7.03. The molecule has 0 bridgehead atoms. The number of para-hydroxylation sites is 1. The quantitative estimate of drug-likeness (QED) is 0.437. The van der Waals surface area contributed by atoms with Crippen LogP contribution in [-0.4, -0.2) is 44.6 Å². The highest BCUT2D eigenvalue weighted by Gasteiger charge is 2.25. The van der Waals surface area contributed by atoms with Crippen molar-refractivity contribution in [2.45, 2.75) is 39.2 Å².